The highest BCUT2D eigenvalue weighted by atomic mass is 19.4. The monoisotopic (exact) mass is 464 g/mol. The third-order valence-electron chi connectivity index (χ3n) is 4.80. The summed E-state index contributed by atoms with van der Waals surface area (Å²) in [6.07, 6.45) is -3.95. The highest BCUT2D eigenvalue weighted by molar-refractivity contribution is 5.67. The number of pyridine rings is 1. The fourth-order valence-electron chi connectivity index (χ4n) is 3.22. The van der Waals surface area contributed by atoms with Crippen LogP contribution in [0, 0.1) is 5.82 Å². The van der Waals surface area contributed by atoms with E-state index in [1.807, 2.05) is 0 Å². The van der Waals surface area contributed by atoms with Crippen molar-refractivity contribution in [3.05, 3.63) is 65.8 Å². The van der Waals surface area contributed by atoms with Crippen molar-refractivity contribution in [2.24, 2.45) is 0 Å². The van der Waals surface area contributed by atoms with E-state index in [0.717, 1.165) is 12.3 Å². The van der Waals surface area contributed by atoms with Gasteiger partial charge in [0.2, 0.25) is 11.9 Å². The first-order valence-corrected chi connectivity index (χ1v) is 9.85. The SMILES string of the molecule is OC1CCCC(c2nc(Nc3ccc(F)cc3)nc(Nc3ccnc(C(F)(F)F)c3)n2)=C1F. The van der Waals surface area contributed by atoms with Crippen molar-refractivity contribution in [3.8, 4) is 0 Å². The molecule has 7 nitrogen and oxygen atoms in total. The van der Waals surface area contributed by atoms with E-state index in [9.17, 15) is 27.1 Å². The number of anilines is 4. The van der Waals surface area contributed by atoms with Gasteiger partial charge in [-0.3, -0.25) is 4.98 Å². The van der Waals surface area contributed by atoms with Crippen LogP contribution in [0.5, 0.6) is 0 Å². The summed E-state index contributed by atoms with van der Waals surface area (Å²) in [5.41, 5.74) is -0.621. The molecule has 0 bridgehead atoms. The largest absolute Gasteiger partial charge is 0.433 e. The molecule has 1 aliphatic carbocycles. The van der Waals surface area contributed by atoms with Gasteiger partial charge in [0.1, 0.15) is 23.4 Å². The second kappa shape index (κ2) is 9.06. The Morgan fingerprint density at radius 1 is 0.909 bits per heavy atom. The summed E-state index contributed by atoms with van der Waals surface area (Å²) < 4.78 is 66.8. The van der Waals surface area contributed by atoms with Crippen LogP contribution >= 0.6 is 0 Å². The minimum atomic E-state index is -4.65. The van der Waals surface area contributed by atoms with Crippen molar-refractivity contribution < 1.29 is 27.1 Å². The maximum absolute atomic E-state index is 14.6. The molecule has 0 aliphatic heterocycles. The van der Waals surface area contributed by atoms with Crippen LogP contribution in [0.15, 0.2) is 48.4 Å². The van der Waals surface area contributed by atoms with E-state index in [-0.39, 0.29) is 41.8 Å². The average molecular weight is 464 g/mol. The van der Waals surface area contributed by atoms with Gasteiger partial charge in [-0.1, -0.05) is 0 Å². The Morgan fingerprint density at radius 3 is 2.24 bits per heavy atom. The highest BCUT2D eigenvalue weighted by Gasteiger charge is 2.32. The number of allylic oxidation sites excluding steroid dienone is 1. The minimum absolute atomic E-state index is 0.000313. The molecule has 0 saturated heterocycles. The van der Waals surface area contributed by atoms with Gasteiger partial charge in [0.15, 0.2) is 5.82 Å². The molecule has 0 amide bonds. The molecule has 12 heteroatoms. The molecular formula is C21H17F5N6O. The summed E-state index contributed by atoms with van der Waals surface area (Å²) in [5.74, 6) is -1.53. The Hall–Kier alpha value is -3.67. The zero-order chi connectivity index (χ0) is 23.6. The second-order valence-corrected chi connectivity index (χ2v) is 7.23. The maximum Gasteiger partial charge on any atom is 0.433 e. The van der Waals surface area contributed by atoms with E-state index >= 15 is 0 Å². The summed E-state index contributed by atoms with van der Waals surface area (Å²) >= 11 is 0. The van der Waals surface area contributed by atoms with Crippen LogP contribution in [0.3, 0.4) is 0 Å². The summed E-state index contributed by atoms with van der Waals surface area (Å²) in [6, 6.07) is 7.33. The first-order chi connectivity index (χ1) is 15.7. The van der Waals surface area contributed by atoms with Gasteiger partial charge in [-0.05, 0) is 55.7 Å². The molecule has 1 aromatic carbocycles. The Bertz CT molecular complexity index is 1180. The smallest absolute Gasteiger partial charge is 0.386 e. The maximum atomic E-state index is 14.6. The number of aromatic nitrogens is 4. The molecule has 0 saturated carbocycles. The van der Waals surface area contributed by atoms with Gasteiger partial charge in [0, 0.05) is 23.1 Å². The Kier molecular flexibility index (Phi) is 6.18. The van der Waals surface area contributed by atoms with E-state index in [0.29, 0.717) is 12.1 Å². The van der Waals surface area contributed by atoms with Crippen molar-refractivity contribution in [2.45, 2.75) is 31.5 Å². The molecule has 33 heavy (non-hydrogen) atoms. The molecular weight excluding hydrogens is 447 g/mol. The standard InChI is InChI=1S/C21H17F5N6O/c22-11-4-6-12(7-5-11)28-19-30-18(14-2-1-3-15(33)17(14)23)31-20(32-19)29-13-8-9-27-16(10-13)21(24,25)26/h4-10,15,33H,1-3H2,(H2,27,28,29,30,31,32). The minimum Gasteiger partial charge on any atom is -0.386 e. The van der Waals surface area contributed by atoms with Gasteiger partial charge in [-0.2, -0.15) is 28.1 Å². The fraction of sp³-hybridized carbons (Fsp3) is 0.238. The number of aliphatic hydroxyl groups is 1. The molecule has 3 N–H and O–H groups in total. The van der Waals surface area contributed by atoms with Crippen LogP contribution in [0.25, 0.3) is 5.57 Å². The van der Waals surface area contributed by atoms with Gasteiger partial charge in [-0.25, -0.2) is 8.78 Å². The number of nitrogens with one attached hydrogen (secondary N) is 2. The molecule has 3 aromatic rings. The number of hydrogen-bond acceptors (Lipinski definition) is 7. The van der Waals surface area contributed by atoms with Crippen LogP contribution < -0.4 is 10.6 Å². The topological polar surface area (TPSA) is 95.9 Å². The lowest BCUT2D eigenvalue weighted by Gasteiger charge is -2.19. The van der Waals surface area contributed by atoms with E-state index in [1.54, 1.807) is 0 Å². The molecule has 0 radical (unpaired) electrons. The van der Waals surface area contributed by atoms with Crippen molar-refractivity contribution in [1.82, 2.24) is 19.9 Å². The predicted molar refractivity (Wildman–Crippen MR) is 110 cm³/mol. The number of halogens is 5. The molecule has 2 heterocycles. The highest BCUT2D eigenvalue weighted by Crippen LogP contribution is 2.33. The van der Waals surface area contributed by atoms with E-state index in [4.69, 9.17) is 0 Å². The average Bonchev–Trinajstić information content (AvgIpc) is 2.77. The lowest BCUT2D eigenvalue weighted by Crippen LogP contribution is -2.16. The van der Waals surface area contributed by atoms with E-state index < -0.39 is 29.6 Å². The first kappa shape index (κ1) is 22.5. The Morgan fingerprint density at radius 2 is 1.58 bits per heavy atom. The fourth-order valence-corrected chi connectivity index (χ4v) is 3.22. The van der Waals surface area contributed by atoms with Crippen LogP contribution in [0.2, 0.25) is 0 Å². The van der Waals surface area contributed by atoms with Crippen molar-refractivity contribution >= 4 is 28.8 Å². The third-order valence-corrected chi connectivity index (χ3v) is 4.80. The van der Waals surface area contributed by atoms with Crippen LogP contribution in [-0.4, -0.2) is 31.1 Å². The first-order valence-electron chi connectivity index (χ1n) is 9.85. The number of rotatable bonds is 5. The Labute approximate surface area is 184 Å². The van der Waals surface area contributed by atoms with Crippen molar-refractivity contribution in [1.29, 1.82) is 0 Å². The van der Waals surface area contributed by atoms with Crippen LogP contribution in [0.1, 0.15) is 30.8 Å². The number of aliphatic hydroxyl groups excluding tert-OH is 1. The van der Waals surface area contributed by atoms with Gasteiger partial charge in [0.05, 0.1) is 0 Å². The molecule has 2 aromatic heterocycles. The number of alkyl halides is 3. The molecule has 1 atom stereocenters. The molecule has 1 unspecified atom stereocenters. The molecule has 0 fully saturated rings. The molecule has 172 valence electrons. The van der Waals surface area contributed by atoms with Crippen LogP contribution in [-0.2, 0) is 6.18 Å². The van der Waals surface area contributed by atoms with Gasteiger partial charge in [-0.15, -0.1) is 0 Å². The number of nitrogens with zero attached hydrogens (tertiary/aromatic N) is 4. The lowest BCUT2D eigenvalue weighted by atomic mass is 9.96. The van der Waals surface area contributed by atoms with E-state index in [1.165, 1.54) is 30.3 Å². The summed E-state index contributed by atoms with van der Waals surface area (Å²) in [6.45, 7) is 0. The summed E-state index contributed by atoms with van der Waals surface area (Å²) in [7, 11) is 0. The molecule has 4 rings (SSSR count). The normalized spacial score (nSPS) is 16.6. The molecule has 1 aliphatic rings. The Balaban J connectivity index is 1.73. The second-order valence-electron chi connectivity index (χ2n) is 7.23. The van der Waals surface area contributed by atoms with Gasteiger partial charge < -0.3 is 15.7 Å². The number of hydrogen-bond donors (Lipinski definition) is 3. The summed E-state index contributed by atoms with van der Waals surface area (Å²) in [4.78, 5) is 15.8. The lowest BCUT2D eigenvalue weighted by molar-refractivity contribution is -0.141. The number of benzene rings is 1. The van der Waals surface area contributed by atoms with Crippen molar-refractivity contribution in [3.63, 3.8) is 0 Å². The zero-order valence-electron chi connectivity index (χ0n) is 16.9. The van der Waals surface area contributed by atoms with Crippen molar-refractivity contribution in [2.75, 3.05) is 10.6 Å². The third kappa shape index (κ3) is 5.40. The molecule has 0 spiro atoms. The summed E-state index contributed by atoms with van der Waals surface area (Å²) in [5, 5.41) is 15.3. The van der Waals surface area contributed by atoms with Gasteiger partial charge >= 0.3 is 6.18 Å². The predicted octanol–water partition coefficient (Wildman–Crippen LogP) is 5.14. The van der Waals surface area contributed by atoms with Crippen LogP contribution in [0.4, 0.5) is 45.2 Å². The zero-order valence-corrected chi connectivity index (χ0v) is 16.9. The van der Waals surface area contributed by atoms with Gasteiger partial charge in [0.25, 0.3) is 0 Å². The van der Waals surface area contributed by atoms with E-state index in [2.05, 4.69) is 30.6 Å². The quantitative estimate of drug-likeness (QED) is 0.450.